The van der Waals surface area contributed by atoms with E-state index in [4.69, 9.17) is 10.7 Å². The van der Waals surface area contributed by atoms with Crippen molar-refractivity contribution < 1.29 is 5.11 Å². The van der Waals surface area contributed by atoms with E-state index in [2.05, 4.69) is 47.4 Å². The Kier molecular flexibility index (Phi) is 5.83. The smallest absolute Gasteiger partial charge is 0.115 e. The third-order valence-electron chi connectivity index (χ3n) is 5.93. The van der Waals surface area contributed by atoms with E-state index in [-0.39, 0.29) is 5.75 Å². The summed E-state index contributed by atoms with van der Waals surface area (Å²) in [5.41, 5.74) is 14.1. The van der Waals surface area contributed by atoms with Crippen LogP contribution in [0.1, 0.15) is 16.8 Å². The molecular weight excluding hydrogens is 406 g/mol. The second-order valence-corrected chi connectivity index (χ2v) is 8.15. The van der Waals surface area contributed by atoms with Crippen LogP contribution >= 0.6 is 0 Å². The van der Waals surface area contributed by atoms with Crippen LogP contribution < -0.4 is 5.73 Å². The van der Waals surface area contributed by atoms with Gasteiger partial charge in [0.1, 0.15) is 5.75 Å². The minimum atomic E-state index is 0.289. The Labute approximate surface area is 193 Å². The predicted molar refractivity (Wildman–Crippen MR) is 134 cm³/mol. The molecular formula is C29H25N3O. The van der Waals surface area contributed by atoms with Crippen LogP contribution in [0.5, 0.6) is 5.75 Å². The molecule has 2 aromatic heterocycles. The topological polar surface area (TPSA) is 72.0 Å². The lowest BCUT2D eigenvalue weighted by atomic mass is 9.96. The zero-order valence-electron chi connectivity index (χ0n) is 18.3. The van der Waals surface area contributed by atoms with Crippen molar-refractivity contribution in [3.05, 3.63) is 114 Å². The third-order valence-corrected chi connectivity index (χ3v) is 5.93. The lowest BCUT2D eigenvalue weighted by Crippen LogP contribution is -1.99. The largest absolute Gasteiger partial charge is 0.508 e. The highest BCUT2D eigenvalue weighted by atomic mass is 16.3. The van der Waals surface area contributed by atoms with Gasteiger partial charge < -0.3 is 10.8 Å². The standard InChI is InChI=1S/C29H25N3O/c30-19-21-9-12-23(13-10-21)29-25(22-6-2-1-3-7-22)18-26-27(31-16-15-28(26)32-29)14-11-20-5-4-8-24(33)17-20/h1-10,12-13,15-18,33H,11,14,19,30H2. The maximum absolute atomic E-state index is 9.78. The van der Waals surface area contributed by atoms with Gasteiger partial charge in [-0.05, 0) is 53.8 Å². The van der Waals surface area contributed by atoms with Crippen LogP contribution in [-0.4, -0.2) is 15.1 Å². The lowest BCUT2D eigenvalue weighted by Gasteiger charge is -2.14. The van der Waals surface area contributed by atoms with Crippen molar-refractivity contribution in [2.45, 2.75) is 19.4 Å². The summed E-state index contributed by atoms with van der Waals surface area (Å²) in [6.07, 6.45) is 3.39. The number of nitrogens with two attached hydrogens (primary N) is 1. The second kappa shape index (κ2) is 9.23. The number of hydrogen-bond acceptors (Lipinski definition) is 4. The fraction of sp³-hybridized carbons (Fsp3) is 0.103. The molecule has 4 heteroatoms. The number of aromatic hydroxyl groups is 1. The van der Waals surface area contributed by atoms with Crippen molar-refractivity contribution in [2.75, 3.05) is 0 Å². The first kappa shape index (κ1) is 20.9. The van der Waals surface area contributed by atoms with Gasteiger partial charge in [-0.3, -0.25) is 4.98 Å². The fourth-order valence-corrected chi connectivity index (χ4v) is 4.18. The number of benzene rings is 3. The van der Waals surface area contributed by atoms with E-state index < -0.39 is 0 Å². The SMILES string of the molecule is NCc1ccc(-c2nc3ccnc(CCc4cccc(O)c4)c3cc2-c2ccccc2)cc1. The Balaban J connectivity index is 1.62. The van der Waals surface area contributed by atoms with Gasteiger partial charge >= 0.3 is 0 Å². The van der Waals surface area contributed by atoms with E-state index in [0.717, 1.165) is 62.9 Å². The maximum atomic E-state index is 9.78. The molecule has 0 aliphatic carbocycles. The van der Waals surface area contributed by atoms with Gasteiger partial charge in [-0.2, -0.15) is 0 Å². The van der Waals surface area contributed by atoms with E-state index in [0.29, 0.717) is 6.54 Å². The van der Waals surface area contributed by atoms with E-state index in [1.54, 1.807) is 6.07 Å². The summed E-state index contributed by atoms with van der Waals surface area (Å²) in [6, 6.07) is 30.2. The Morgan fingerprint density at radius 2 is 1.55 bits per heavy atom. The number of rotatable bonds is 6. The van der Waals surface area contributed by atoms with Crippen molar-refractivity contribution in [2.24, 2.45) is 5.73 Å². The number of aryl methyl sites for hydroxylation is 2. The van der Waals surface area contributed by atoms with Gasteiger partial charge in [-0.15, -0.1) is 0 Å². The zero-order valence-corrected chi connectivity index (χ0v) is 18.3. The van der Waals surface area contributed by atoms with E-state index >= 15 is 0 Å². The molecule has 33 heavy (non-hydrogen) atoms. The number of aromatic nitrogens is 2. The third kappa shape index (κ3) is 4.47. The minimum Gasteiger partial charge on any atom is -0.508 e. The molecule has 0 saturated heterocycles. The number of hydrogen-bond donors (Lipinski definition) is 2. The summed E-state index contributed by atoms with van der Waals surface area (Å²) in [5, 5.41) is 10.8. The Hall–Kier alpha value is -4.02. The van der Waals surface area contributed by atoms with Crippen LogP contribution in [-0.2, 0) is 19.4 Å². The summed E-state index contributed by atoms with van der Waals surface area (Å²) in [4.78, 5) is 9.78. The van der Waals surface area contributed by atoms with Crippen LogP contribution in [0, 0.1) is 0 Å². The number of pyridine rings is 2. The molecule has 0 aliphatic heterocycles. The van der Waals surface area contributed by atoms with Crippen LogP contribution in [0.3, 0.4) is 0 Å². The monoisotopic (exact) mass is 431 g/mol. The molecule has 0 bridgehead atoms. The molecule has 0 aliphatic rings. The first-order valence-corrected chi connectivity index (χ1v) is 11.1. The molecule has 4 nitrogen and oxygen atoms in total. The Morgan fingerprint density at radius 3 is 2.30 bits per heavy atom. The van der Waals surface area contributed by atoms with Gasteiger partial charge in [0.25, 0.3) is 0 Å². The number of phenolic OH excluding ortho intramolecular Hbond substituents is 1. The van der Waals surface area contributed by atoms with Gasteiger partial charge in [0, 0.05) is 29.3 Å². The van der Waals surface area contributed by atoms with E-state index in [1.807, 2.05) is 48.7 Å². The van der Waals surface area contributed by atoms with Crippen LogP contribution in [0.25, 0.3) is 33.3 Å². The molecule has 3 aromatic carbocycles. The molecule has 5 aromatic rings. The van der Waals surface area contributed by atoms with Crippen LogP contribution in [0.2, 0.25) is 0 Å². The molecule has 0 amide bonds. The first-order valence-electron chi connectivity index (χ1n) is 11.1. The molecule has 0 saturated carbocycles. The summed E-state index contributed by atoms with van der Waals surface area (Å²) >= 11 is 0. The second-order valence-electron chi connectivity index (χ2n) is 8.15. The van der Waals surface area contributed by atoms with Gasteiger partial charge in [0.15, 0.2) is 0 Å². The van der Waals surface area contributed by atoms with Crippen molar-refractivity contribution in [3.63, 3.8) is 0 Å². The zero-order chi connectivity index (χ0) is 22.6. The van der Waals surface area contributed by atoms with Crippen molar-refractivity contribution in [1.29, 1.82) is 0 Å². The normalized spacial score (nSPS) is 11.1. The highest BCUT2D eigenvalue weighted by Crippen LogP contribution is 2.34. The summed E-state index contributed by atoms with van der Waals surface area (Å²) in [7, 11) is 0. The van der Waals surface area contributed by atoms with Crippen molar-refractivity contribution in [1.82, 2.24) is 9.97 Å². The summed E-state index contributed by atoms with van der Waals surface area (Å²) in [5.74, 6) is 0.289. The number of nitrogens with zero attached hydrogens (tertiary/aromatic N) is 2. The van der Waals surface area contributed by atoms with Gasteiger partial charge in [0.2, 0.25) is 0 Å². The molecule has 0 unspecified atom stereocenters. The Bertz CT molecular complexity index is 1400. The van der Waals surface area contributed by atoms with Gasteiger partial charge in [-0.25, -0.2) is 4.98 Å². The average molecular weight is 432 g/mol. The first-order chi connectivity index (χ1) is 16.2. The quantitative estimate of drug-likeness (QED) is 0.350. The highest BCUT2D eigenvalue weighted by Gasteiger charge is 2.14. The number of phenols is 1. The number of fused-ring (bicyclic) bond motifs is 1. The molecule has 3 N–H and O–H groups in total. The van der Waals surface area contributed by atoms with Crippen LogP contribution in [0.15, 0.2) is 97.2 Å². The fourth-order valence-electron chi connectivity index (χ4n) is 4.18. The highest BCUT2D eigenvalue weighted by molar-refractivity contribution is 5.92. The molecule has 0 spiro atoms. The van der Waals surface area contributed by atoms with Gasteiger partial charge in [0.05, 0.1) is 16.9 Å². The Morgan fingerprint density at radius 1 is 0.727 bits per heavy atom. The van der Waals surface area contributed by atoms with Gasteiger partial charge in [-0.1, -0.05) is 66.7 Å². The summed E-state index contributed by atoms with van der Waals surface area (Å²) in [6.45, 7) is 0.519. The molecule has 0 fully saturated rings. The maximum Gasteiger partial charge on any atom is 0.115 e. The molecule has 2 heterocycles. The van der Waals surface area contributed by atoms with E-state index in [9.17, 15) is 5.11 Å². The van der Waals surface area contributed by atoms with Crippen LogP contribution in [0.4, 0.5) is 0 Å². The molecule has 0 atom stereocenters. The minimum absolute atomic E-state index is 0.289. The summed E-state index contributed by atoms with van der Waals surface area (Å²) < 4.78 is 0. The molecule has 5 rings (SSSR count). The van der Waals surface area contributed by atoms with E-state index in [1.165, 1.54) is 0 Å². The van der Waals surface area contributed by atoms with Crippen molar-refractivity contribution >= 4 is 10.9 Å². The average Bonchev–Trinajstić information content (AvgIpc) is 2.87. The predicted octanol–water partition coefficient (Wildman–Crippen LogP) is 5.91. The lowest BCUT2D eigenvalue weighted by molar-refractivity contribution is 0.474. The molecule has 0 radical (unpaired) electrons. The molecule has 162 valence electrons. The van der Waals surface area contributed by atoms with Crippen molar-refractivity contribution in [3.8, 4) is 28.1 Å².